The van der Waals surface area contributed by atoms with Crippen molar-refractivity contribution in [2.45, 2.75) is 39.4 Å². The van der Waals surface area contributed by atoms with E-state index in [1.54, 1.807) is 6.20 Å². The molecule has 0 saturated heterocycles. The number of rotatable bonds is 9. The lowest BCUT2D eigenvalue weighted by molar-refractivity contribution is -0.139. The molecule has 128 valence electrons. The zero-order valence-corrected chi connectivity index (χ0v) is 14.2. The Balaban J connectivity index is 2.15. The molecular weight excluding hydrogens is 304 g/mol. The van der Waals surface area contributed by atoms with Gasteiger partial charge in [-0.05, 0) is 31.0 Å². The molecule has 1 N–H and O–H groups in total. The minimum atomic E-state index is -0.973. The molecule has 0 radical (unpaired) electrons. The van der Waals surface area contributed by atoms with Gasteiger partial charge in [-0.15, -0.1) is 0 Å². The van der Waals surface area contributed by atoms with Crippen LogP contribution in [0.25, 0.3) is 0 Å². The Morgan fingerprint density at radius 3 is 2.71 bits per heavy atom. The van der Waals surface area contributed by atoms with Crippen LogP contribution in [0.5, 0.6) is 5.75 Å². The van der Waals surface area contributed by atoms with Gasteiger partial charge in [0.05, 0.1) is 0 Å². The molecule has 5 nitrogen and oxygen atoms in total. The third kappa shape index (κ3) is 5.35. The Bertz CT molecular complexity index is 646. The standard InChI is InChI=1S/C19H24N2O3/c1-3-15(2)21(12-16-7-6-10-20-11-16)13-17-8-4-5-9-18(17)24-14-19(22)23/h4-11,15H,3,12-14H2,1-2H3,(H,22,23). The number of ether oxygens (including phenoxy) is 1. The molecule has 0 fully saturated rings. The maximum absolute atomic E-state index is 10.8. The topological polar surface area (TPSA) is 62.7 Å². The van der Waals surface area contributed by atoms with Crippen LogP contribution in [0.4, 0.5) is 0 Å². The summed E-state index contributed by atoms with van der Waals surface area (Å²) in [5.41, 5.74) is 2.14. The van der Waals surface area contributed by atoms with E-state index in [2.05, 4.69) is 29.8 Å². The normalized spacial score (nSPS) is 12.1. The van der Waals surface area contributed by atoms with Crippen molar-refractivity contribution in [2.24, 2.45) is 0 Å². The maximum atomic E-state index is 10.8. The van der Waals surface area contributed by atoms with E-state index in [1.165, 1.54) is 0 Å². The van der Waals surface area contributed by atoms with Gasteiger partial charge in [-0.1, -0.05) is 31.2 Å². The fourth-order valence-corrected chi connectivity index (χ4v) is 2.49. The number of hydrogen-bond donors (Lipinski definition) is 1. The van der Waals surface area contributed by atoms with Crippen LogP contribution < -0.4 is 4.74 Å². The van der Waals surface area contributed by atoms with Crippen LogP contribution in [0, 0.1) is 0 Å². The predicted octanol–water partition coefficient (Wildman–Crippen LogP) is 3.35. The molecule has 0 saturated carbocycles. The number of aromatic nitrogens is 1. The predicted molar refractivity (Wildman–Crippen MR) is 92.8 cm³/mol. The van der Waals surface area contributed by atoms with Gasteiger partial charge in [-0.2, -0.15) is 0 Å². The Labute approximate surface area is 142 Å². The van der Waals surface area contributed by atoms with Gasteiger partial charge in [0.1, 0.15) is 5.75 Å². The molecule has 0 amide bonds. The van der Waals surface area contributed by atoms with E-state index >= 15 is 0 Å². The van der Waals surface area contributed by atoms with Gasteiger partial charge in [0.25, 0.3) is 0 Å². The average molecular weight is 328 g/mol. The van der Waals surface area contributed by atoms with Crippen LogP contribution in [0.3, 0.4) is 0 Å². The number of pyridine rings is 1. The van der Waals surface area contributed by atoms with E-state index in [0.29, 0.717) is 18.3 Å². The summed E-state index contributed by atoms with van der Waals surface area (Å²) < 4.78 is 5.42. The summed E-state index contributed by atoms with van der Waals surface area (Å²) in [4.78, 5) is 17.3. The van der Waals surface area contributed by atoms with E-state index in [4.69, 9.17) is 9.84 Å². The van der Waals surface area contributed by atoms with Crippen LogP contribution in [-0.2, 0) is 17.9 Å². The van der Waals surface area contributed by atoms with Crippen LogP contribution in [0.2, 0.25) is 0 Å². The highest BCUT2D eigenvalue weighted by Crippen LogP contribution is 2.22. The second-order valence-corrected chi connectivity index (χ2v) is 5.81. The summed E-state index contributed by atoms with van der Waals surface area (Å²) in [6, 6.07) is 12.0. The number of carbonyl (C=O) groups is 1. The summed E-state index contributed by atoms with van der Waals surface area (Å²) in [6.45, 7) is 5.50. The molecule has 1 unspecified atom stereocenters. The van der Waals surface area contributed by atoms with Crippen molar-refractivity contribution in [1.29, 1.82) is 0 Å². The molecule has 5 heteroatoms. The minimum absolute atomic E-state index is 0.330. The number of aliphatic carboxylic acids is 1. The van der Waals surface area contributed by atoms with E-state index in [9.17, 15) is 4.79 Å². The number of para-hydroxylation sites is 1. The van der Waals surface area contributed by atoms with Crippen LogP contribution in [0.15, 0.2) is 48.8 Å². The van der Waals surface area contributed by atoms with Crippen molar-refractivity contribution in [2.75, 3.05) is 6.61 Å². The van der Waals surface area contributed by atoms with E-state index in [0.717, 1.165) is 24.1 Å². The molecule has 1 aromatic carbocycles. The summed E-state index contributed by atoms with van der Waals surface area (Å²) in [5, 5.41) is 8.83. The van der Waals surface area contributed by atoms with E-state index in [-0.39, 0.29) is 6.61 Å². The summed E-state index contributed by atoms with van der Waals surface area (Å²) in [6.07, 6.45) is 4.67. The Hall–Kier alpha value is -2.40. The fourth-order valence-electron chi connectivity index (χ4n) is 2.49. The van der Waals surface area contributed by atoms with Gasteiger partial charge in [0, 0.05) is 37.1 Å². The Morgan fingerprint density at radius 2 is 2.04 bits per heavy atom. The number of carboxylic acids is 1. The first-order valence-electron chi connectivity index (χ1n) is 8.15. The number of carboxylic acid groups (broad SMARTS) is 1. The zero-order chi connectivity index (χ0) is 17.4. The van der Waals surface area contributed by atoms with Gasteiger partial charge < -0.3 is 9.84 Å². The first-order valence-corrected chi connectivity index (χ1v) is 8.15. The first-order chi connectivity index (χ1) is 11.6. The highest BCUT2D eigenvalue weighted by molar-refractivity contribution is 5.68. The molecule has 0 aliphatic heterocycles. The van der Waals surface area contributed by atoms with Crippen molar-refractivity contribution in [3.63, 3.8) is 0 Å². The van der Waals surface area contributed by atoms with Gasteiger partial charge in [-0.25, -0.2) is 4.79 Å². The molecule has 0 spiro atoms. The molecule has 1 atom stereocenters. The lowest BCUT2D eigenvalue weighted by atomic mass is 10.1. The lowest BCUT2D eigenvalue weighted by Crippen LogP contribution is -2.32. The van der Waals surface area contributed by atoms with Crippen LogP contribution in [0.1, 0.15) is 31.4 Å². The van der Waals surface area contributed by atoms with Crippen molar-refractivity contribution in [3.05, 3.63) is 59.9 Å². The highest BCUT2D eigenvalue weighted by atomic mass is 16.5. The second kappa shape index (κ2) is 9.03. The highest BCUT2D eigenvalue weighted by Gasteiger charge is 2.16. The van der Waals surface area contributed by atoms with Crippen molar-refractivity contribution in [1.82, 2.24) is 9.88 Å². The smallest absolute Gasteiger partial charge is 0.341 e. The lowest BCUT2D eigenvalue weighted by Gasteiger charge is -2.29. The Morgan fingerprint density at radius 1 is 1.25 bits per heavy atom. The van der Waals surface area contributed by atoms with Crippen molar-refractivity contribution >= 4 is 5.97 Å². The molecular formula is C19H24N2O3. The van der Waals surface area contributed by atoms with Gasteiger partial charge in [0.15, 0.2) is 6.61 Å². The first kappa shape index (κ1) is 17.9. The van der Waals surface area contributed by atoms with Gasteiger partial charge >= 0.3 is 5.97 Å². The van der Waals surface area contributed by atoms with E-state index in [1.807, 2.05) is 36.5 Å². The summed E-state index contributed by atoms with van der Waals surface area (Å²) in [5.74, 6) is -0.349. The monoisotopic (exact) mass is 328 g/mol. The molecule has 0 aliphatic carbocycles. The molecule has 1 heterocycles. The van der Waals surface area contributed by atoms with Crippen LogP contribution in [-0.4, -0.2) is 33.6 Å². The summed E-state index contributed by atoms with van der Waals surface area (Å²) in [7, 11) is 0. The number of nitrogens with zero attached hydrogens (tertiary/aromatic N) is 2. The van der Waals surface area contributed by atoms with Gasteiger partial charge in [-0.3, -0.25) is 9.88 Å². The molecule has 1 aromatic heterocycles. The molecule has 0 bridgehead atoms. The Kier molecular flexibility index (Phi) is 6.75. The minimum Gasteiger partial charge on any atom is -0.482 e. The second-order valence-electron chi connectivity index (χ2n) is 5.81. The maximum Gasteiger partial charge on any atom is 0.341 e. The zero-order valence-electron chi connectivity index (χ0n) is 14.2. The third-order valence-corrected chi connectivity index (χ3v) is 4.02. The van der Waals surface area contributed by atoms with Crippen LogP contribution >= 0.6 is 0 Å². The number of hydrogen-bond acceptors (Lipinski definition) is 4. The molecule has 24 heavy (non-hydrogen) atoms. The van der Waals surface area contributed by atoms with Crippen molar-refractivity contribution < 1.29 is 14.6 Å². The third-order valence-electron chi connectivity index (χ3n) is 4.02. The van der Waals surface area contributed by atoms with E-state index < -0.39 is 5.97 Å². The molecule has 2 aromatic rings. The molecule has 0 aliphatic rings. The average Bonchev–Trinajstić information content (AvgIpc) is 2.60. The quantitative estimate of drug-likeness (QED) is 0.765. The SMILES string of the molecule is CCC(C)N(Cc1cccnc1)Cc1ccccc1OCC(=O)O. The fraction of sp³-hybridized carbons (Fsp3) is 0.368. The van der Waals surface area contributed by atoms with Gasteiger partial charge in [0.2, 0.25) is 0 Å². The number of benzene rings is 1. The molecule has 2 rings (SSSR count). The largest absolute Gasteiger partial charge is 0.482 e. The van der Waals surface area contributed by atoms with Crippen molar-refractivity contribution in [3.8, 4) is 5.75 Å². The summed E-state index contributed by atoms with van der Waals surface area (Å²) >= 11 is 0.